The number of hydrogen-bond donors (Lipinski definition) is 1. The van der Waals surface area contributed by atoms with Gasteiger partial charge in [0.2, 0.25) is 0 Å². The molecule has 2 unspecified atom stereocenters. The highest BCUT2D eigenvalue weighted by Gasteiger charge is 2.32. The maximum atomic E-state index is 12.4. The number of allylic oxidation sites excluding steroid dienone is 2. The summed E-state index contributed by atoms with van der Waals surface area (Å²) in [6.45, 7) is -0.854. The second-order valence-electron chi connectivity index (χ2n) is 5.43. The monoisotopic (exact) mass is 463 g/mol. The Kier molecular flexibility index (Phi) is 7.54. The Balaban J connectivity index is 2.38. The SMILES string of the molecule is CC(NC(=S)SC=S)(C1=CC(Br)CC=C1)c1ccc(OC(F)F)cc1. The lowest BCUT2D eigenvalue weighted by molar-refractivity contribution is -0.0498. The standard InChI is InChI=1S/C17H16BrF2NOS3/c1-17(21-16(24)25-10-23,12-3-2-4-13(18)9-12)11-5-7-14(8-6-11)22-15(19)20/h2-3,5-10,13,15H,4H2,1H3,(H,21,24). The Labute approximate surface area is 169 Å². The van der Waals surface area contributed by atoms with E-state index >= 15 is 0 Å². The number of alkyl halides is 3. The Morgan fingerprint density at radius 3 is 2.68 bits per heavy atom. The van der Waals surface area contributed by atoms with E-state index in [4.69, 9.17) is 24.4 Å². The minimum absolute atomic E-state index is 0.114. The summed E-state index contributed by atoms with van der Waals surface area (Å²) in [4.78, 5) is 0.224. The lowest BCUT2D eigenvalue weighted by atomic mass is 9.82. The highest BCUT2D eigenvalue weighted by molar-refractivity contribution is 9.09. The topological polar surface area (TPSA) is 21.3 Å². The highest BCUT2D eigenvalue weighted by atomic mass is 79.9. The number of halogens is 3. The minimum Gasteiger partial charge on any atom is -0.435 e. The van der Waals surface area contributed by atoms with Gasteiger partial charge in [0.25, 0.3) is 0 Å². The number of ether oxygens (including phenoxy) is 1. The second-order valence-corrected chi connectivity index (χ2v) is 8.69. The van der Waals surface area contributed by atoms with Crippen LogP contribution in [0.4, 0.5) is 8.78 Å². The minimum atomic E-state index is -2.85. The van der Waals surface area contributed by atoms with Crippen molar-refractivity contribution >= 4 is 61.1 Å². The lowest BCUT2D eigenvalue weighted by Crippen LogP contribution is -2.43. The van der Waals surface area contributed by atoms with Crippen LogP contribution in [0.3, 0.4) is 0 Å². The third-order valence-corrected chi connectivity index (χ3v) is 5.49. The molecule has 0 spiro atoms. The van der Waals surface area contributed by atoms with Gasteiger partial charge in [-0.25, -0.2) is 0 Å². The van der Waals surface area contributed by atoms with Crippen LogP contribution in [-0.4, -0.2) is 20.5 Å². The molecule has 0 amide bonds. The third-order valence-electron chi connectivity index (χ3n) is 3.76. The predicted molar refractivity (Wildman–Crippen MR) is 112 cm³/mol. The highest BCUT2D eigenvalue weighted by Crippen LogP contribution is 2.35. The Morgan fingerprint density at radius 2 is 2.12 bits per heavy atom. The molecule has 2 atom stereocenters. The maximum Gasteiger partial charge on any atom is 0.387 e. The Hall–Kier alpha value is -0.830. The lowest BCUT2D eigenvalue weighted by Gasteiger charge is -2.35. The van der Waals surface area contributed by atoms with Gasteiger partial charge in [-0.1, -0.05) is 82.5 Å². The fourth-order valence-electron chi connectivity index (χ4n) is 2.53. The molecule has 1 aliphatic rings. The van der Waals surface area contributed by atoms with Crippen LogP contribution in [0.5, 0.6) is 5.75 Å². The van der Waals surface area contributed by atoms with Gasteiger partial charge in [0, 0.05) is 9.53 Å². The van der Waals surface area contributed by atoms with Crippen molar-refractivity contribution in [1.29, 1.82) is 0 Å². The molecule has 1 aromatic carbocycles. The quantitative estimate of drug-likeness (QED) is 0.428. The van der Waals surface area contributed by atoms with Crippen molar-refractivity contribution in [2.75, 3.05) is 0 Å². The van der Waals surface area contributed by atoms with Gasteiger partial charge in [-0.2, -0.15) is 8.78 Å². The number of rotatable bonds is 6. The fraction of sp³-hybridized carbons (Fsp3) is 0.294. The molecule has 0 aromatic heterocycles. The van der Waals surface area contributed by atoms with E-state index in [0.29, 0.717) is 4.32 Å². The van der Waals surface area contributed by atoms with Crippen LogP contribution in [0.15, 0.2) is 48.1 Å². The number of benzene rings is 1. The molecule has 1 aromatic rings. The first-order chi connectivity index (χ1) is 11.8. The molecule has 2 nitrogen and oxygen atoms in total. The largest absolute Gasteiger partial charge is 0.435 e. The Bertz CT molecular complexity index is 694. The van der Waals surface area contributed by atoms with Gasteiger partial charge in [0.05, 0.1) is 5.54 Å². The summed E-state index contributed by atoms with van der Waals surface area (Å²) in [5.74, 6) is 0.114. The van der Waals surface area contributed by atoms with E-state index in [2.05, 4.69) is 38.1 Å². The smallest absolute Gasteiger partial charge is 0.387 e. The van der Waals surface area contributed by atoms with E-state index < -0.39 is 12.2 Å². The van der Waals surface area contributed by atoms with Crippen molar-refractivity contribution in [3.63, 3.8) is 0 Å². The molecule has 25 heavy (non-hydrogen) atoms. The average molecular weight is 464 g/mol. The van der Waals surface area contributed by atoms with Gasteiger partial charge in [-0.15, -0.1) is 0 Å². The first kappa shape index (κ1) is 20.5. The van der Waals surface area contributed by atoms with Crippen molar-refractivity contribution in [3.8, 4) is 5.75 Å². The van der Waals surface area contributed by atoms with Crippen LogP contribution in [0.1, 0.15) is 18.9 Å². The molecule has 8 heteroatoms. The van der Waals surface area contributed by atoms with E-state index in [1.807, 2.05) is 13.0 Å². The van der Waals surface area contributed by atoms with Crippen molar-refractivity contribution < 1.29 is 13.5 Å². The second kappa shape index (κ2) is 9.21. The molecule has 0 aliphatic heterocycles. The summed E-state index contributed by atoms with van der Waals surface area (Å²) in [6.07, 6.45) is 7.14. The molecular weight excluding hydrogens is 448 g/mol. The summed E-state index contributed by atoms with van der Waals surface area (Å²) < 4.78 is 31.2. The van der Waals surface area contributed by atoms with E-state index in [-0.39, 0.29) is 10.6 Å². The molecule has 1 aliphatic carbocycles. The first-order valence-corrected chi connectivity index (χ1v) is 10.0. The van der Waals surface area contributed by atoms with Crippen LogP contribution in [0.2, 0.25) is 0 Å². The number of thioether (sulfide) groups is 1. The zero-order chi connectivity index (χ0) is 18.4. The Morgan fingerprint density at radius 1 is 1.44 bits per heavy atom. The summed E-state index contributed by atoms with van der Waals surface area (Å²) in [6, 6.07) is 6.55. The van der Waals surface area contributed by atoms with Gasteiger partial charge in [-0.3, -0.25) is 0 Å². The van der Waals surface area contributed by atoms with E-state index in [0.717, 1.165) is 17.6 Å². The first-order valence-electron chi connectivity index (χ1n) is 7.36. The van der Waals surface area contributed by atoms with Crippen molar-refractivity contribution in [1.82, 2.24) is 5.32 Å². The molecule has 0 heterocycles. The van der Waals surface area contributed by atoms with Crippen LogP contribution < -0.4 is 10.1 Å². The van der Waals surface area contributed by atoms with Crippen LogP contribution >= 0.6 is 52.1 Å². The molecule has 1 N–H and O–H groups in total. The van der Waals surface area contributed by atoms with E-state index in [1.165, 1.54) is 28.6 Å². The zero-order valence-electron chi connectivity index (χ0n) is 13.2. The fourth-order valence-corrected chi connectivity index (χ4v) is 4.21. The van der Waals surface area contributed by atoms with Crippen LogP contribution in [0, 0.1) is 0 Å². The molecule has 0 bridgehead atoms. The van der Waals surface area contributed by atoms with Gasteiger partial charge in [0.15, 0.2) is 0 Å². The third kappa shape index (κ3) is 5.57. The molecular formula is C17H16BrF2NOS3. The van der Waals surface area contributed by atoms with Crippen molar-refractivity contribution in [2.45, 2.75) is 30.3 Å². The molecule has 0 saturated heterocycles. The molecule has 2 rings (SSSR count). The van der Waals surface area contributed by atoms with Gasteiger partial charge in [-0.05, 0) is 36.6 Å². The number of nitrogens with one attached hydrogen (secondary N) is 1. The van der Waals surface area contributed by atoms with Crippen molar-refractivity contribution in [3.05, 3.63) is 53.6 Å². The number of thiocarbonyl (C=S) groups is 2. The van der Waals surface area contributed by atoms with E-state index in [9.17, 15) is 8.78 Å². The van der Waals surface area contributed by atoms with Crippen LogP contribution in [0.25, 0.3) is 0 Å². The summed E-state index contributed by atoms with van der Waals surface area (Å²) in [5.41, 5.74) is 1.27. The molecule has 134 valence electrons. The molecule has 0 saturated carbocycles. The van der Waals surface area contributed by atoms with Crippen molar-refractivity contribution in [2.24, 2.45) is 0 Å². The average Bonchev–Trinajstić information content (AvgIpc) is 2.55. The zero-order valence-corrected chi connectivity index (χ0v) is 17.3. The van der Waals surface area contributed by atoms with Gasteiger partial charge >= 0.3 is 6.61 Å². The molecule has 0 radical (unpaired) electrons. The van der Waals surface area contributed by atoms with Gasteiger partial charge in [0.1, 0.15) is 10.1 Å². The molecule has 0 fully saturated rings. The van der Waals surface area contributed by atoms with E-state index in [1.54, 1.807) is 12.1 Å². The number of hydrogen-bond acceptors (Lipinski definition) is 4. The maximum absolute atomic E-state index is 12.4. The summed E-state index contributed by atoms with van der Waals surface area (Å²) in [7, 11) is 0. The summed E-state index contributed by atoms with van der Waals surface area (Å²) >= 11 is 15.1. The van der Waals surface area contributed by atoms with Gasteiger partial charge < -0.3 is 10.1 Å². The van der Waals surface area contributed by atoms with Crippen LogP contribution in [-0.2, 0) is 5.54 Å². The summed E-state index contributed by atoms with van der Waals surface area (Å²) in [5, 5.41) is 3.33. The predicted octanol–water partition coefficient (Wildman–Crippen LogP) is 5.72. The normalized spacial score (nSPS) is 19.1.